The lowest BCUT2D eigenvalue weighted by Gasteiger charge is -2.11. The fourth-order valence-electron chi connectivity index (χ4n) is 2.60. The van der Waals surface area contributed by atoms with Gasteiger partial charge in [0.25, 0.3) is 0 Å². The monoisotopic (exact) mass is 365 g/mol. The Morgan fingerprint density at radius 1 is 1.23 bits per heavy atom. The zero-order chi connectivity index (χ0) is 18.3. The number of benzene rings is 1. The second-order valence-corrected chi connectivity index (χ2v) is 5.89. The number of aromatic nitrogens is 2. The number of nitrogens with zero attached hydrogens (tertiary/aromatic N) is 2. The van der Waals surface area contributed by atoms with Gasteiger partial charge in [0.2, 0.25) is 0 Å². The molecule has 0 radical (unpaired) electrons. The summed E-state index contributed by atoms with van der Waals surface area (Å²) in [5, 5.41) is 13.5. The van der Waals surface area contributed by atoms with E-state index in [-0.39, 0.29) is 10.6 Å². The molecule has 0 atom stereocenters. The second-order valence-electron chi connectivity index (χ2n) is 5.49. The molecule has 0 aliphatic carbocycles. The number of rotatable bonds is 3. The number of fused-ring (bicyclic) bond motifs is 3. The lowest BCUT2D eigenvalue weighted by molar-refractivity contribution is 0.0697. The number of nitrogens with one attached hydrogen (secondary N) is 1. The van der Waals surface area contributed by atoms with E-state index in [2.05, 4.69) is 27.4 Å². The topological polar surface area (TPSA) is 75.1 Å². The summed E-state index contributed by atoms with van der Waals surface area (Å²) < 4.78 is 13.4. The number of anilines is 2. The summed E-state index contributed by atoms with van der Waals surface area (Å²) >= 11 is 5.83. The fourth-order valence-corrected chi connectivity index (χ4v) is 2.79. The minimum atomic E-state index is -1.12. The molecule has 2 heterocycles. The molecule has 2 N–H and O–H groups in total. The quantitative estimate of drug-likeness (QED) is 0.554. The van der Waals surface area contributed by atoms with Gasteiger partial charge in [0.15, 0.2) is 0 Å². The van der Waals surface area contributed by atoms with Crippen LogP contribution >= 0.6 is 11.6 Å². The minimum absolute atomic E-state index is 0.0192. The number of pyridine rings is 2. The van der Waals surface area contributed by atoms with Crippen LogP contribution in [-0.2, 0) is 0 Å². The first kappa shape index (κ1) is 16.1. The van der Waals surface area contributed by atoms with Crippen molar-refractivity contribution in [2.24, 2.45) is 0 Å². The first-order chi connectivity index (χ1) is 12.5. The molecule has 0 aliphatic heterocycles. The maximum absolute atomic E-state index is 13.4. The number of hydrogen-bond donors (Lipinski definition) is 2. The average molecular weight is 366 g/mol. The van der Waals surface area contributed by atoms with Crippen LogP contribution in [0.2, 0.25) is 5.02 Å². The van der Waals surface area contributed by atoms with E-state index < -0.39 is 11.8 Å². The summed E-state index contributed by atoms with van der Waals surface area (Å²) in [6.45, 7) is 0. The third-order valence-corrected chi connectivity index (χ3v) is 4.09. The highest BCUT2D eigenvalue weighted by atomic mass is 35.5. The van der Waals surface area contributed by atoms with Gasteiger partial charge in [-0.05, 0) is 36.4 Å². The molecule has 7 heteroatoms. The van der Waals surface area contributed by atoms with Crippen molar-refractivity contribution >= 4 is 50.9 Å². The van der Waals surface area contributed by atoms with E-state index in [9.17, 15) is 9.18 Å². The van der Waals surface area contributed by atoms with Gasteiger partial charge in [-0.1, -0.05) is 23.7 Å². The van der Waals surface area contributed by atoms with Crippen LogP contribution in [0.25, 0.3) is 21.8 Å². The Balaban J connectivity index is 1.93. The SMILES string of the molecule is O=C(O)c1c#cc2c(c1)nc(Nc1ccc(F)c(Cl)c1)c1cccnc12. The molecular formula is C19H9ClFN3O2. The number of carboxylic acid groups (broad SMARTS) is 1. The number of carboxylic acids is 1. The van der Waals surface area contributed by atoms with Crippen LogP contribution in [0.5, 0.6) is 0 Å². The van der Waals surface area contributed by atoms with Crippen molar-refractivity contribution in [1.29, 1.82) is 0 Å². The Morgan fingerprint density at radius 2 is 2.08 bits per heavy atom. The fraction of sp³-hybridized carbons (Fsp3) is 0. The van der Waals surface area contributed by atoms with Crippen molar-refractivity contribution in [2.75, 3.05) is 5.32 Å². The number of carbonyl (C=O) groups is 1. The van der Waals surface area contributed by atoms with Gasteiger partial charge in [-0.3, -0.25) is 4.98 Å². The van der Waals surface area contributed by atoms with E-state index in [1.165, 1.54) is 24.3 Å². The zero-order valence-electron chi connectivity index (χ0n) is 13.0. The first-order valence-electron chi connectivity index (χ1n) is 7.51. The molecule has 0 aliphatic rings. The maximum atomic E-state index is 13.4. The molecule has 0 amide bonds. The number of aromatic carboxylic acids is 1. The van der Waals surface area contributed by atoms with Gasteiger partial charge < -0.3 is 10.4 Å². The van der Waals surface area contributed by atoms with Crippen LogP contribution in [-0.4, -0.2) is 21.0 Å². The second kappa shape index (κ2) is 6.14. The van der Waals surface area contributed by atoms with Crippen molar-refractivity contribution in [3.8, 4) is 0 Å². The summed E-state index contributed by atoms with van der Waals surface area (Å²) in [6, 6.07) is 14.6. The van der Waals surface area contributed by atoms with Crippen molar-refractivity contribution in [2.45, 2.75) is 0 Å². The maximum Gasteiger partial charge on any atom is 0.344 e. The third-order valence-electron chi connectivity index (χ3n) is 3.80. The van der Waals surface area contributed by atoms with Gasteiger partial charge >= 0.3 is 5.97 Å². The zero-order valence-corrected chi connectivity index (χ0v) is 13.8. The van der Waals surface area contributed by atoms with Crippen LogP contribution in [0.15, 0.2) is 42.6 Å². The molecule has 5 nitrogen and oxygen atoms in total. The van der Waals surface area contributed by atoms with Crippen molar-refractivity contribution in [3.05, 3.63) is 71.1 Å². The van der Waals surface area contributed by atoms with E-state index in [4.69, 9.17) is 16.7 Å². The lowest BCUT2D eigenvalue weighted by atomic mass is 10.1. The van der Waals surface area contributed by atoms with Gasteiger partial charge in [0, 0.05) is 17.3 Å². The molecular weight excluding hydrogens is 357 g/mol. The normalized spacial score (nSPS) is 10.7. The Hall–Kier alpha value is -3.43. The van der Waals surface area contributed by atoms with Crippen LogP contribution in [0.1, 0.15) is 10.4 Å². The Kier molecular flexibility index (Phi) is 3.79. The molecule has 126 valence electrons. The Bertz CT molecular complexity index is 1180. The molecule has 4 aromatic rings. The molecule has 0 saturated carbocycles. The van der Waals surface area contributed by atoms with Crippen LogP contribution in [0.3, 0.4) is 0 Å². The predicted molar refractivity (Wildman–Crippen MR) is 96.4 cm³/mol. The molecule has 2 aromatic heterocycles. The predicted octanol–water partition coefficient (Wildman–Crippen LogP) is 4.62. The van der Waals surface area contributed by atoms with Crippen molar-refractivity contribution in [1.82, 2.24) is 9.97 Å². The highest BCUT2D eigenvalue weighted by Gasteiger charge is 2.12. The molecule has 0 unspecified atom stereocenters. The summed E-state index contributed by atoms with van der Waals surface area (Å²) in [5.74, 6) is -1.20. The standard InChI is InChI=1S/C19H9ClFN3O2/c20-14-9-11(4-6-15(14)21)23-18-13-2-1-7-22-17(13)12-5-3-10(19(25)26)8-16(12)24-18/h1-2,4,6-9H,(H,23,24)(H,25,26). The van der Waals surface area contributed by atoms with E-state index in [1.54, 1.807) is 12.3 Å². The molecule has 0 bridgehead atoms. The molecule has 0 spiro atoms. The molecule has 2 aromatic carbocycles. The molecule has 0 saturated heterocycles. The minimum Gasteiger partial charge on any atom is -0.477 e. The summed E-state index contributed by atoms with van der Waals surface area (Å²) in [5.41, 5.74) is 1.50. The molecule has 26 heavy (non-hydrogen) atoms. The summed E-state index contributed by atoms with van der Waals surface area (Å²) in [6.07, 6.45) is 1.62. The van der Waals surface area contributed by atoms with Gasteiger partial charge in [0.1, 0.15) is 17.2 Å². The number of hydrogen-bond acceptors (Lipinski definition) is 4. The lowest BCUT2D eigenvalue weighted by Crippen LogP contribution is -1.99. The van der Waals surface area contributed by atoms with Gasteiger partial charge in [-0.2, -0.15) is 0 Å². The van der Waals surface area contributed by atoms with E-state index in [1.807, 2.05) is 6.07 Å². The van der Waals surface area contributed by atoms with Crippen molar-refractivity contribution < 1.29 is 14.3 Å². The Labute approximate surface area is 152 Å². The summed E-state index contributed by atoms with van der Waals surface area (Å²) in [4.78, 5) is 20.0. The highest BCUT2D eigenvalue weighted by Crippen LogP contribution is 2.30. The highest BCUT2D eigenvalue weighted by molar-refractivity contribution is 6.31. The summed E-state index contributed by atoms with van der Waals surface area (Å²) in [7, 11) is 0. The number of halogens is 2. The van der Waals surface area contributed by atoms with Crippen LogP contribution in [0.4, 0.5) is 15.9 Å². The van der Waals surface area contributed by atoms with E-state index in [0.717, 1.165) is 0 Å². The first-order valence-corrected chi connectivity index (χ1v) is 7.88. The molecule has 0 fully saturated rings. The van der Waals surface area contributed by atoms with E-state index in [0.29, 0.717) is 33.3 Å². The van der Waals surface area contributed by atoms with Crippen LogP contribution < -0.4 is 5.32 Å². The van der Waals surface area contributed by atoms with Gasteiger partial charge in [0.05, 0.1) is 21.4 Å². The largest absolute Gasteiger partial charge is 0.477 e. The van der Waals surface area contributed by atoms with E-state index >= 15 is 0 Å². The van der Waals surface area contributed by atoms with Crippen molar-refractivity contribution in [3.63, 3.8) is 0 Å². The van der Waals surface area contributed by atoms with Gasteiger partial charge in [-0.25, -0.2) is 14.2 Å². The van der Waals surface area contributed by atoms with Gasteiger partial charge in [-0.15, -0.1) is 0 Å². The molecule has 4 rings (SSSR count). The Morgan fingerprint density at radius 3 is 2.85 bits per heavy atom. The smallest absolute Gasteiger partial charge is 0.344 e. The average Bonchev–Trinajstić information content (AvgIpc) is 2.64. The van der Waals surface area contributed by atoms with Crippen LogP contribution in [0, 0.1) is 17.9 Å². The third kappa shape index (κ3) is 2.75.